The van der Waals surface area contributed by atoms with E-state index in [-0.39, 0.29) is 5.25 Å². The largest absolute Gasteiger partial charge is 0.480 e. The van der Waals surface area contributed by atoms with Crippen molar-refractivity contribution in [1.82, 2.24) is 0 Å². The lowest BCUT2D eigenvalue weighted by molar-refractivity contribution is -0.144. The first-order chi connectivity index (χ1) is 8.63. The maximum atomic E-state index is 11.4. The van der Waals surface area contributed by atoms with Crippen LogP contribution in [0.3, 0.4) is 0 Å². The van der Waals surface area contributed by atoms with Crippen LogP contribution in [-0.4, -0.2) is 21.9 Å². The highest BCUT2D eigenvalue weighted by atomic mass is 32.2. The van der Waals surface area contributed by atoms with Crippen LogP contribution < -0.4 is 5.73 Å². The molecular weight excluding hydrogens is 246 g/mol. The summed E-state index contributed by atoms with van der Waals surface area (Å²) >= 11 is 1.68. The van der Waals surface area contributed by atoms with E-state index in [9.17, 15) is 9.90 Å². The highest BCUT2D eigenvalue weighted by molar-refractivity contribution is 7.99. The number of benzene rings is 1. The number of nitrogens with two attached hydrogens (primary N) is 1. The number of hydrogen-bond donors (Lipinski definition) is 2. The van der Waals surface area contributed by atoms with Crippen LogP contribution >= 0.6 is 11.8 Å². The number of rotatable bonds is 4. The molecule has 3 nitrogen and oxygen atoms in total. The summed E-state index contributed by atoms with van der Waals surface area (Å²) < 4.78 is 0. The van der Waals surface area contributed by atoms with E-state index >= 15 is 0 Å². The fraction of sp³-hybridized carbons (Fsp3) is 0.500. The molecule has 1 saturated carbocycles. The average Bonchev–Trinajstić information content (AvgIpc) is 2.39. The number of carboxylic acid groups (broad SMARTS) is 1. The van der Waals surface area contributed by atoms with Gasteiger partial charge in [0.25, 0.3) is 0 Å². The Morgan fingerprint density at radius 2 is 2.11 bits per heavy atom. The van der Waals surface area contributed by atoms with Gasteiger partial charge in [-0.25, -0.2) is 0 Å². The molecule has 0 heterocycles. The van der Waals surface area contributed by atoms with Crippen LogP contribution in [0.5, 0.6) is 0 Å². The van der Waals surface area contributed by atoms with Crippen molar-refractivity contribution in [2.24, 2.45) is 5.73 Å². The highest BCUT2D eigenvalue weighted by Gasteiger charge is 2.44. The van der Waals surface area contributed by atoms with Gasteiger partial charge in [0.2, 0.25) is 0 Å². The highest BCUT2D eigenvalue weighted by Crippen LogP contribution is 2.36. The fourth-order valence-corrected chi connectivity index (χ4v) is 3.85. The van der Waals surface area contributed by atoms with E-state index in [1.54, 1.807) is 11.8 Å². The Morgan fingerprint density at radius 1 is 1.39 bits per heavy atom. The van der Waals surface area contributed by atoms with Gasteiger partial charge < -0.3 is 10.8 Å². The molecule has 0 radical (unpaired) electrons. The minimum Gasteiger partial charge on any atom is -0.480 e. The topological polar surface area (TPSA) is 63.3 Å². The first-order valence-electron chi connectivity index (χ1n) is 6.31. The fourth-order valence-electron chi connectivity index (χ4n) is 2.41. The van der Waals surface area contributed by atoms with E-state index < -0.39 is 11.5 Å². The minimum atomic E-state index is -1.04. The molecule has 18 heavy (non-hydrogen) atoms. The van der Waals surface area contributed by atoms with Crippen molar-refractivity contribution in [3.05, 3.63) is 35.9 Å². The summed E-state index contributed by atoms with van der Waals surface area (Å²) in [4.78, 5) is 11.4. The van der Waals surface area contributed by atoms with E-state index in [1.807, 2.05) is 18.2 Å². The molecule has 4 heteroatoms. The van der Waals surface area contributed by atoms with Crippen LogP contribution in [0.15, 0.2) is 30.3 Å². The third-order valence-corrected chi connectivity index (χ3v) is 5.13. The van der Waals surface area contributed by atoms with Gasteiger partial charge in [0, 0.05) is 11.0 Å². The van der Waals surface area contributed by atoms with Crippen molar-refractivity contribution in [3.8, 4) is 0 Å². The summed E-state index contributed by atoms with van der Waals surface area (Å²) in [6, 6.07) is 10.1. The Kier molecular flexibility index (Phi) is 4.30. The maximum absolute atomic E-state index is 11.4. The quantitative estimate of drug-likeness (QED) is 0.878. The SMILES string of the molecule is NC1(C(=O)O)CCCCC1SCc1ccccc1. The molecule has 1 aliphatic rings. The normalized spacial score (nSPS) is 27.9. The molecular formula is C14H19NO2S. The van der Waals surface area contributed by atoms with Gasteiger partial charge in [-0.3, -0.25) is 4.79 Å². The van der Waals surface area contributed by atoms with Gasteiger partial charge >= 0.3 is 5.97 Å². The Morgan fingerprint density at radius 3 is 2.78 bits per heavy atom. The zero-order chi connectivity index (χ0) is 13.0. The summed E-state index contributed by atoms with van der Waals surface area (Å²) in [5, 5.41) is 9.34. The summed E-state index contributed by atoms with van der Waals surface area (Å²) in [7, 11) is 0. The predicted octanol–water partition coefficient (Wildman–Crippen LogP) is 2.64. The van der Waals surface area contributed by atoms with Crippen molar-refractivity contribution < 1.29 is 9.90 Å². The number of thioether (sulfide) groups is 1. The minimum absolute atomic E-state index is 0.0176. The van der Waals surface area contributed by atoms with Crippen LogP contribution in [0.1, 0.15) is 31.2 Å². The zero-order valence-corrected chi connectivity index (χ0v) is 11.2. The standard InChI is InChI=1S/C14H19NO2S/c15-14(13(16)17)9-5-4-8-12(14)18-10-11-6-2-1-3-7-11/h1-3,6-7,12H,4-5,8-10,15H2,(H,16,17). The molecule has 1 aromatic rings. The lowest BCUT2D eigenvalue weighted by Gasteiger charge is -2.37. The molecule has 0 bridgehead atoms. The Balaban J connectivity index is 2.00. The number of hydrogen-bond acceptors (Lipinski definition) is 3. The van der Waals surface area contributed by atoms with Gasteiger partial charge in [0.1, 0.15) is 5.54 Å². The Labute approximate surface area is 112 Å². The van der Waals surface area contributed by atoms with E-state index in [0.29, 0.717) is 6.42 Å². The van der Waals surface area contributed by atoms with Gasteiger partial charge in [-0.1, -0.05) is 43.2 Å². The number of aliphatic carboxylic acids is 1. The Hall–Kier alpha value is -1.00. The van der Waals surface area contributed by atoms with Crippen molar-refractivity contribution in [2.45, 2.75) is 42.2 Å². The molecule has 1 aromatic carbocycles. The van der Waals surface area contributed by atoms with Gasteiger partial charge in [-0.15, -0.1) is 0 Å². The summed E-state index contributed by atoms with van der Waals surface area (Å²) in [5.74, 6) is -0.0228. The van der Waals surface area contributed by atoms with Crippen LogP contribution in [0.4, 0.5) is 0 Å². The number of carboxylic acids is 1. The van der Waals surface area contributed by atoms with E-state index in [4.69, 9.17) is 5.73 Å². The molecule has 2 rings (SSSR count). The van der Waals surface area contributed by atoms with Gasteiger partial charge in [-0.05, 0) is 18.4 Å². The molecule has 0 amide bonds. The third-order valence-electron chi connectivity index (χ3n) is 3.57. The summed E-state index contributed by atoms with van der Waals surface area (Å²) in [6.45, 7) is 0. The van der Waals surface area contributed by atoms with E-state index in [0.717, 1.165) is 25.0 Å². The molecule has 98 valence electrons. The van der Waals surface area contributed by atoms with Crippen LogP contribution in [0, 0.1) is 0 Å². The van der Waals surface area contributed by atoms with Crippen LogP contribution in [0.25, 0.3) is 0 Å². The van der Waals surface area contributed by atoms with Crippen molar-refractivity contribution >= 4 is 17.7 Å². The maximum Gasteiger partial charge on any atom is 0.324 e. The van der Waals surface area contributed by atoms with Gasteiger partial charge in [-0.2, -0.15) is 11.8 Å². The second kappa shape index (κ2) is 5.76. The first-order valence-corrected chi connectivity index (χ1v) is 7.35. The lowest BCUT2D eigenvalue weighted by atomic mass is 9.82. The average molecular weight is 265 g/mol. The molecule has 1 aliphatic carbocycles. The summed E-state index contributed by atoms with van der Waals surface area (Å²) in [6.07, 6.45) is 3.50. The monoisotopic (exact) mass is 265 g/mol. The van der Waals surface area contributed by atoms with E-state index in [1.165, 1.54) is 5.56 Å². The second-order valence-electron chi connectivity index (χ2n) is 4.88. The molecule has 0 aliphatic heterocycles. The molecule has 2 unspecified atom stereocenters. The predicted molar refractivity (Wildman–Crippen MR) is 74.5 cm³/mol. The third kappa shape index (κ3) is 2.87. The smallest absolute Gasteiger partial charge is 0.324 e. The molecule has 0 saturated heterocycles. The van der Waals surface area contributed by atoms with Crippen LogP contribution in [-0.2, 0) is 10.5 Å². The molecule has 0 spiro atoms. The Bertz CT molecular complexity index is 410. The molecule has 0 aromatic heterocycles. The second-order valence-corrected chi connectivity index (χ2v) is 6.07. The molecule has 3 N–H and O–H groups in total. The first kappa shape index (κ1) is 13.4. The van der Waals surface area contributed by atoms with E-state index in [2.05, 4.69) is 12.1 Å². The van der Waals surface area contributed by atoms with Gasteiger partial charge in [0.15, 0.2) is 0 Å². The lowest BCUT2D eigenvalue weighted by Crippen LogP contribution is -2.57. The molecule has 1 fully saturated rings. The van der Waals surface area contributed by atoms with Crippen molar-refractivity contribution in [2.75, 3.05) is 0 Å². The van der Waals surface area contributed by atoms with Crippen molar-refractivity contribution in [1.29, 1.82) is 0 Å². The number of carbonyl (C=O) groups is 1. The van der Waals surface area contributed by atoms with Crippen molar-refractivity contribution in [3.63, 3.8) is 0 Å². The van der Waals surface area contributed by atoms with Crippen LogP contribution in [0.2, 0.25) is 0 Å². The zero-order valence-electron chi connectivity index (χ0n) is 10.3. The molecule has 2 atom stereocenters. The summed E-state index contributed by atoms with van der Waals surface area (Å²) in [5.41, 5.74) is 6.27. The van der Waals surface area contributed by atoms with Gasteiger partial charge in [0.05, 0.1) is 0 Å².